The first-order valence-corrected chi connectivity index (χ1v) is 13.7. The summed E-state index contributed by atoms with van der Waals surface area (Å²) in [7, 11) is 0. The number of carbonyl (C=O) groups excluding carboxylic acids is 3. The first-order valence-electron chi connectivity index (χ1n) is 12.8. The Hall–Kier alpha value is -3.46. The maximum absolute atomic E-state index is 13.5. The highest BCUT2D eigenvalue weighted by Crippen LogP contribution is 2.36. The number of rotatable bonds is 10. The van der Waals surface area contributed by atoms with E-state index in [1.165, 1.54) is 16.7 Å². The Bertz CT molecular complexity index is 1240. The van der Waals surface area contributed by atoms with Gasteiger partial charge >= 0.3 is 0 Å². The minimum absolute atomic E-state index is 0.0751. The molecule has 194 valence electrons. The Kier molecular flexibility index (Phi) is 8.76. The fraction of sp³-hybridized carbons (Fsp3) is 0.393. The van der Waals surface area contributed by atoms with E-state index >= 15 is 0 Å². The van der Waals surface area contributed by atoms with Crippen LogP contribution in [0.5, 0.6) is 0 Å². The molecule has 8 nitrogen and oxygen atoms in total. The molecular formula is C28H33N5O3S. The third-order valence-corrected chi connectivity index (χ3v) is 7.56. The number of amidine groups is 2. The summed E-state index contributed by atoms with van der Waals surface area (Å²) >= 11 is 1.26. The van der Waals surface area contributed by atoms with Gasteiger partial charge in [-0.2, -0.15) is 0 Å². The molecule has 0 fully saturated rings. The molecule has 0 aromatic heterocycles. The van der Waals surface area contributed by atoms with Crippen LogP contribution >= 0.6 is 11.8 Å². The molecule has 2 N–H and O–H groups in total. The van der Waals surface area contributed by atoms with E-state index in [1.807, 2.05) is 62.4 Å². The molecule has 2 aliphatic rings. The van der Waals surface area contributed by atoms with Crippen LogP contribution in [-0.4, -0.2) is 51.5 Å². The van der Waals surface area contributed by atoms with Crippen molar-refractivity contribution < 1.29 is 14.4 Å². The second-order valence-electron chi connectivity index (χ2n) is 9.17. The van der Waals surface area contributed by atoms with Crippen molar-refractivity contribution in [2.24, 2.45) is 9.98 Å². The van der Waals surface area contributed by atoms with E-state index in [0.717, 1.165) is 29.7 Å². The minimum atomic E-state index is -0.662. The third-order valence-electron chi connectivity index (χ3n) is 6.24. The van der Waals surface area contributed by atoms with Gasteiger partial charge in [0.1, 0.15) is 11.9 Å². The van der Waals surface area contributed by atoms with E-state index in [1.54, 1.807) is 0 Å². The van der Waals surface area contributed by atoms with Gasteiger partial charge < -0.3 is 10.6 Å². The van der Waals surface area contributed by atoms with Crippen molar-refractivity contribution in [3.05, 3.63) is 59.7 Å². The SMILES string of the molecule is CCCCNC(=O)CC[C@H]1N=C2c3ccccc3N=C(S[C@@H](CC)C(=O)Nc3cccc(C)c3)N2C1=O. The normalized spacial score (nSPS) is 16.9. The Morgan fingerprint density at radius 2 is 1.95 bits per heavy atom. The van der Waals surface area contributed by atoms with Crippen molar-refractivity contribution in [3.63, 3.8) is 0 Å². The number of nitrogens with one attached hydrogen (secondary N) is 2. The molecule has 2 aromatic rings. The second kappa shape index (κ2) is 12.2. The number of thioether (sulfide) groups is 1. The van der Waals surface area contributed by atoms with Crippen LogP contribution in [0.25, 0.3) is 0 Å². The smallest absolute Gasteiger partial charge is 0.259 e. The van der Waals surface area contributed by atoms with Crippen LogP contribution in [-0.2, 0) is 14.4 Å². The molecule has 2 heterocycles. The minimum Gasteiger partial charge on any atom is -0.356 e. The number of carbonyl (C=O) groups is 3. The molecule has 0 bridgehead atoms. The van der Waals surface area contributed by atoms with Crippen LogP contribution in [0.3, 0.4) is 0 Å². The molecule has 37 heavy (non-hydrogen) atoms. The molecule has 0 spiro atoms. The zero-order valence-corrected chi connectivity index (χ0v) is 22.3. The fourth-order valence-corrected chi connectivity index (χ4v) is 5.25. The summed E-state index contributed by atoms with van der Waals surface area (Å²) in [4.78, 5) is 49.9. The molecule has 0 unspecified atom stereocenters. The molecule has 0 saturated heterocycles. The van der Waals surface area contributed by atoms with Crippen molar-refractivity contribution in [2.45, 2.75) is 64.2 Å². The van der Waals surface area contributed by atoms with Gasteiger partial charge in [0.05, 0.1) is 10.9 Å². The first kappa shape index (κ1) is 26.6. The summed E-state index contributed by atoms with van der Waals surface area (Å²) in [5.41, 5.74) is 3.27. The highest BCUT2D eigenvalue weighted by Gasteiger charge is 2.42. The van der Waals surface area contributed by atoms with E-state index in [9.17, 15) is 14.4 Å². The van der Waals surface area contributed by atoms with Crippen LogP contribution in [0.1, 0.15) is 57.1 Å². The maximum Gasteiger partial charge on any atom is 0.259 e. The lowest BCUT2D eigenvalue weighted by molar-refractivity contribution is -0.125. The highest BCUT2D eigenvalue weighted by atomic mass is 32.2. The van der Waals surface area contributed by atoms with Gasteiger partial charge in [0.25, 0.3) is 5.91 Å². The van der Waals surface area contributed by atoms with Crippen molar-refractivity contribution >= 4 is 51.9 Å². The molecule has 2 aliphatic heterocycles. The quantitative estimate of drug-likeness (QED) is 0.440. The number of amides is 3. The number of unbranched alkanes of at least 4 members (excludes halogenated alkanes) is 1. The molecular weight excluding hydrogens is 486 g/mol. The highest BCUT2D eigenvalue weighted by molar-refractivity contribution is 8.15. The van der Waals surface area contributed by atoms with Gasteiger partial charge in [0.2, 0.25) is 11.8 Å². The Morgan fingerprint density at radius 3 is 2.70 bits per heavy atom. The lowest BCUT2D eigenvalue weighted by Gasteiger charge is -2.27. The van der Waals surface area contributed by atoms with Crippen molar-refractivity contribution in [1.29, 1.82) is 0 Å². The molecule has 0 saturated carbocycles. The number of para-hydroxylation sites is 1. The van der Waals surface area contributed by atoms with Crippen LogP contribution in [0.2, 0.25) is 0 Å². The van der Waals surface area contributed by atoms with E-state index in [2.05, 4.69) is 17.6 Å². The summed E-state index contributed by atoms with van der Waals surface area (Å²) in [6, 6.07) is 14.5. The predicted molar refractivity (Wildman–Crippen MR) is 149 cm³/mol. The van der Waals surface area contributed by atoms with Gasteiger partial charge in [-0.1, -0.05) is 56.3 Å². The van der Waals surface area contributed by atoms with Gasteiger partial charge in [-0.05, 0) is 56.0 Å². The number of aryl methyl sites for hydroxylation is 1. The summed E-state index contributed by atoms with van der Waals surface area (Å²) in [5, 5.41) is 5.85. The number of hydrogen-bond acceptors (Lipinski definition) is 6. The average Bonchev–Trinajstić information content (AvgIpc) is 3.22. The van der Waals surface area contributed by atoms with Crippen LogP contribution < -0.4 is 10.6 Å². The summed E-state index contributed by atoms with van der Waals surface area (Å²) in [6.45, 7) is 6.62. The van der Waals surface area contributed by atoms with Gasteiger partial charge in [-0.25, -0.2) is 9.89 Å². The zero-order valence-electron chi connectivity index (χ0n) is 21.5. The fourth-order valence-electron chi connectivity index (χ4n) is 4.23. The largest absolute Gasteiger partial charge is 0.356 e. The zero-order chi connectivity index (χ0) is 26.4. The molecule has 0 radical (unpaired) electrons. The first-order chi connectivity index (χ1) is 17.9. The number of hydrogen-bond donors (Lipinski definition) is 2. The average molecular weight is 520 g/mol. The molecule has 9 heteroatoms. The van der Waals surface area contributed by atoms with Gasteiger partial charge in [-0.15, -0.1) is 0 Å². The molecule has 3 amide bonds. The maximum atomic E-state index is 13.5. The number of aliphatic imine (C=N–C) groups is 2. The topological polar surface area (TPSA) is 103 Å². The van der Waals surface area contributed by atoms with Crippen molar-refractivity contribution in [2.75, 3.05) is 11.9 Å². The van der Waals surface area contributed by atoms with Crippen LogP contribution in [0, 0.1) is 6.92 Å². The number of fused-ring (bicyclic) bond motifs is 3. The third kappa shape index (κ3) is 6.28. The second-order valence-corrected chi connectivity index (χ2v) is 10.3. The van der Waals surface area contributed by atoms with E-state index in [-0.39, 0.29) is 24.1 Å². The van der Waals surface area contributed by atoms with Crippen molar-refractivity contribution in [3.8, 4) is 0 Å². The summed E-state index contributed by atoms with van der Waals surface area (Å²) in [6.07, 6.45) is 3.03. The Labute approximate surface area is 222 Å². The lowest BCUT2D eigenvalue weighted by Crippen LogP contribution is -2.42. The number of nitrogens with zero attached hydrogens (tertiary/aromatic N) is 3. The Balaban J connectivity index is 1.52. The number of benzene rings is 2. The van der Waals surface area contributed by atoms with Gasteiger partial charge in [0, 0.05) is 24.2 Å². The van der Waals surface area contributed by atoms with Gasteiger partial charge in [-0.3, -0.25) is 19.4 Å². The Morgan fingerprint density at radius 1 is 1.14 bits per heavy atom. The standard InChI is InChI=1S/C28H33N5O3S/c1-4-6-16-29-24(34)15-14-22-27(36)33-25(31-22)20-12-7-8-13-21(20)32-28(33)37-23(5-2)26(35)30-19-11-9-10-18(3)17-19/h7-13,17,22-23H,4-6,14-16H2,1-3H3,(H,29,34)(H,30,35)/t22-,23+/m1/s1. The monoisotopic (exact) mass is 519 g/mol. The van der Waals surface area contributed by atoms with Crippen molar-refractivity contribution in [1.82, 2.24) is 10.2 Å². The van der Waals surface area contributed by atoms with E-state index in [0.29, 0.717) is 36.1 Å². The molecule has 0 aliphatic carbocycles. The molecule has 2 atom stereocenters. The lowest BCUT2D eigenvalue weighted by atomic mass is 10.1. The molecule has 4 rings (SSSR count). The van der Waals surface area contributed by atoms with Crippen LogP contribution in [0.4, 0.5) is 11.4 Å². The van der Waals surface area contributed by atoms with Gasteiger partial charge in [0.15, 0.2) is 5.17 Å². The van der Waals surface area contributed by atoms with E-state index < -0.39 is 11.3 Å². The van der Waals surface area contributed by atoms with Crippen LogP contribution in [0.15, 0.2) is 58.5 Å². The summed E-state index contributed by atoms with van der Waals surface area (Å²) in [5.74, 6) is 0.0911. The number of anilines is 1. The van der Waals surface area contributed by atoms with E-state index in [4.69, 9.17) is 9.98 Å². The summed E-state index contributed by atoms with van der Waals surface area (Å²) < 4.78 is 0. The molecule has 2 aromatic carbocycles. The predicted octanol–water partition coefficient (Wildman–Crippen LogP) is 4.80.